The molecule has 0 amide bonds. The summed E-state index contributed by atoms with van der Waals surface area (Å²) in [5.41, 5.74) is 3.03. The summed E-state index contributed by atoms with van der Waals surface area (Å²) in [5, 5.41) is 19.2. The number of thiophene rings is 1. The Morgan fingerprint density at radius 3 is 2.66 bits per heavy atom. The van der Waals surface area contributed by atoms with Gasteiger partial charge in [-0.25, -0.2) is 9.97 Å². The predicted octanol–water partition coefficient (Wildman–Crippen LogP) is 4.60. The van der Waals surface area contributed by atoms with Crippen LogP contribution in [0.1, 0.15) is 5.82 Å². The molecule has 0 saturated heterocycles. The number of rotatable bonds is 5. The van der Waals surface area contributed by atoms with Crippen molar-refractivity contribution in [3.63, 3.8) is 0 Å². The first-order chi connectivity index (χ1) is 14.3. The molecule has 5 rings (SSSR count). The summed E-state index contributed by atoms with van der Waals surface area (Å²) in [6.45, 7) is 0.421. The molecule has 0 saturated carbocycles. The van der Waals surface area contributed by atoms with Crippen molar-refractivity contribution in [3.05, 3.63) is 77.2 Å². The second kappa shape index (κ2) is 7.57. The standard InChI is InChI=1S/C20H14ClN7S/c21-14-8-6-13(7-9-14)16-11-29-20-18(16)19(23-12-24-20)22-10-17-25-26-27-28(17)15-4-2-1-3-5-15/h1-9,11-12H,10H2,(H,22,23,24). The zero-order chi connectivity index (χ0) is 19.6. The van der Waals surface area contributed by atoms with Crippen molar-refractivity contribution in [2.45, 2.75) is 6.54 Å². The van der Waals surface area contributed by atoms with Crippen molar-refractivity contribution in [1.29, 1.82) is 0 Å². The average Bonchev–Trinajstić information content (AvgIpc) is 3.41. The minimum atomic E-state index is 0.421. The van der Waals surface area contributed by atoms with Crippen LogP contribution in [0, 0.1) is 0 Å². The summed E-state index contributed by atoms with van der Waals surface area (Å²) >= 11 is 7.62. The number of anilines is 1. The van der Waals surface area contributed by atoms with E-state index in [9.17, 15) is 0 Å². The van der Waals surface area contributed by atoms with Crippen molar-refractivity contribution in [2.75, 3.05) is 5.32 Å². The molecule has 1 N–H and O–H groups in total. The van der Waals surface area contributed by atoms with E-state index in [4.69, 9.17) is 11.6 Å². The molecule has 0 aliphatic heterocycles. The van der Waals surface area contributed by atoms with Crippen molar-refractivity contribution in [2.24, 2.45) is 0 Å². The lowest BCUT2D eigenvalue weighted by molar-refractivity contribution is 0.768. The van der Waals surface area contributed by atoms with Crippen molar-refractivity contribution in [3.8, 4) is 16.8 Å². The summed E-state index contributed by atoms with van der Waals surface area (Å²) in [6, 6.07) is 17.5. The number of tetrazole rings is 1. The number of nitrogens with one attached hydrogen (secondary N) is 1. The Morgan fingerprint density at radius 2 is 1.83 bits per heavy atom. The van der Waals surface area contributed by atoms with Gasteiger partial charge in [0, 0.05) is 16.0 Å². The number of hydrogen-bond acceptors (Lipinski definition) is 7. The third kappa shape index (κ3) is 3.43. The van der Waals surface area contributed by atoms with E-state index in [2.05, 4.69) is 36.2 Å². The van der Waals surface area contributed by atoms with Crippen LogP contribution in [0.2, 0.25) is 5.02 Å². The summed E-state index contributed by atoms with van der Waals surface area (Å²) in [4.78, 5) is 9.79. The largest absolute Gasteiger partial charge is 0.362 e. The summed E-state index contributed by atoms with van der Waals surface area (Å²) in [6.07, 6.45) is 1.56. The molecule has 0 aliphatic rings. The van der Waals surface area contributed by atoms with Gasteiger partial charge in [0.05, 0.1) is 17.6 Å². The van der Waals surface area contributed by atoms with Crippen LogP contribution < -0.4 is 5.32 Å². The lowest BCUT2D eigenvalue weighted by atomic mass is 10.1. The fraction of sp³-hybridized carbons (Fsp3) is 0.0500. The molecule has 0 bridgehead atoms. The van der Waals surface area contributed by atoms with Gasteiger partial charge >= 0.3 is 0 Å². The first kappa shape index (κ1) is 17.7. The number of halogens is 1. The number of aromatic nitrogens is 6. The van der Waals surface area contributed by atoms with Gasteiger partial charge in [-0.1, -0.05) is 41.9 Å². The zero-order valence-electron chi connectivity index (χ0n) is 15.0. The SMILES string of the molecule is Clc1ccc(-c2csc3ncnc(NCc4nnnn4-c4ccccc4)c23)cc1. The molecule has 0 fully saturated rings. The van der Waals surface area contributed by atoms with Crippen LogP contribution >= 0.6 is 22.9 Å². The van der Waals surface area contributed by atoms with Gasteiger partial charge in [-0.3, -0.25) is 0 Å². The molecule has 7 nitrogen and oxygen atoms in total. The molecule has 0 atom stereocenters. The van der Waals surface area contributed by atoms with E-state index in [1.807, 2.05) is 54.6 Å². The molecule has 5 aromatic rings. The molecule has 3 heterocycles. The number of nitrogens with zero attached hydrogens (tertiary/aromatic N) is 6. The first-order valence-corrected chi connectivity index (χ1v) is 10.1. The van der Waals surface area contributed by atoms with Gasteiger partial charge in [0.15, 0.2) is 5.82 Å². The van der Waals surface area contributed by atoms with Crippen LogP contribution in [-0.2, 0) is 6.54 Å². The summed E-state index contributed by atoms with van der Waals surface area (Å²) in [7, 11) is 0. The second-order valence-corrected chi connectivity index (χ2v) is 7.55. The Hall–Kier alpha value is -3.36. The van der Waals surface area contributed by atoms with Crippen molar-refractivity contribution < 1.29 is 0 Å². The van der Waals surface area contributed by atoms with Crippen LogP contribution in [0.5, 0.6) is 0 Å². The fourth-order valence-electron chi connectivity index (χ4n) is 3.10. The van der Waals surface area contributed by atoms with Crippen LogP contribution in [0.4, 0.5) is 5.82 Å². The maximum atomic E-state index is 6.04. The van der Waals surface area contributed by atoms with E-state index in [1.165, 1.54) is 0 Å². The number of benzene rings is 2. The van der Waals surface area contributed by atoms with Crippen LogP contribution in [0.15, 0.2) is 66.3 Å². The normalized spacial score (nSPS) is 11.1. The highest BCUT2D eigenvalue weighted by atomic mass is 35.5. The lowest BCUT2D eigenvalue weighted by Crippen LogP contribution is -2.09. The summed E-state index contributed by atoms with van der Waals surface area (Å²) in [5.74, 6) is 1.43. The molecule has 142 valence electrons. The third-order valence-electron chi connectivity index (χ3n) is 4.47. The summed E-state index contributed by atoms with van der Waals surface area (Å²) < 4.78 is 1.71. The Morgan fingerprint density at radius 1 is 1.00 bits per heavy atom. The Labute approximate surface area is 175 Å². The van der Waals surface area contributed by atoms with Crippen LogP contribution in [0.25, 0.3) is 27.0 Å². The first-order valence-electron chi connectivity index (χ1n) is 8.84. The topological polar surface area (TPSA) is 81.4 Å². The van der Waals surface area contributed by atoms with Gasteiger partial charge < -0.3 is 5.32 Å². The Bertz CT molecular complexity index is 1270. The van der Waals surface area contributed by atoms with Crippen LogP contribution in [0.3, 0.4) is 0 Å². The molecule has 0 spiro atoms. The van der Waals surface area contributed by atoms with Crippen LogP contribution in [-0.4, -0.2) is 30.2 Å². The Kier molecular flexibility index (Phi) is 4.63. The molecular weight excluding hydrogens is 406 g/mol. The van der Waals surface area contributed by atoms with Crippen molar-refractivity contribution in [1.82, 2.24) is 30.2 Å². The second-order valence-electron chi connectivity index (χ2n) is 6.25. The van der Waals surface area contributed by atoms with Gasteiger partial charge in [-0.05, 0) is 40.3 Å². The molecule has 9 heteroatoms. The third-order valence-corrected chi connectivity index (χ3v) is 5.61. The zero-order valence-corrected chi connectivity index (χ0v) is 16.6. The Balaban J connectivity index is 1.49. The molecule has 0 radical (unpaired) electrons. The van der Waals surface area contributed by atoms with E-state index >= 15 is 0 Å². The minimum absolute atomic E-state index is 0.421. The maximum Gasteiger partial charge on any atom is 0.175 e. The smallest absolute Gasteiger partial charge is 0.175 e. The maximum absolute atomic E-state index is 6.04. The van der Waals surface area contributed by atoms with Gasteiger partial charge in [0.2, 0.25) is 0 Å². The molecule has 29 heavy (non-hydrogen) atoms. The van der Waals surface area contributed by atoms with E-state index < -0.39 is 0 Å². The number of fused-ring (bicyclic) bond motifs is 1. The highest BCUT2D eigenvalue weighted by Gasteiger charge is 2.14. The van der Waals surface area contributed by atoms with Gasteiger partial charge in [-0.15, -0.1) is 16.4 Å². The van der Waals surface area contributed by atoms with Gasteiger partial charge in [0.1, 0.15) is 17.0 Å². The number of hydrogen-bond donors (Lipinski definition) is 1. The predicted molar refractivity (Wildman–Crippen MR) is 114 cm³/mol. The van der Waals surface area contributed by atoms with E-state index in [-0.39, 0.29) is 0 Å². The van der Waals surface area contributed by atoms with E-state index in [0.717, 1.165) is 32.8 Å². The average molecular weight is 420 g/mol. The molecular formula is C20H14ClN7S. The molecule has 0 unspecified atom stereocenters. The minimum Gasteiger partial charge on any atom is -0.362 e. The monoisotopic (exact) mass is 419 g/mol. The van der Waals surface area contributed by atoms with Gasteiger partial charge in [-0.2, -0.15) is 4.68 Å². The molecule has 3 aromatic heterocycles. The fourth-order valence-corrected chi connectivity index (χ4v) is 4.14. The highest BCUT2D eigenvalue weighted by molar-refractivity contribution is 7.17. The quantitative estimate of drug-likeness (QED) is 0.448. The van der Waals surface area contributed by atoms with Crippen molar-refractivity contribution >= 4 is 39.0 Å². The van der Waals surface area contributed by atoms with E-state index in [1.54, 1.807) is 22.3 Å². The highest BCUT2D eigenvalue weighted by Crippen LogP contribution is 2.36. The number of para-hydroxylation sites is 1. The molecule has 2 aromatic carbocycles. The molecule has 0 aliphatic carbocycles. The van der Waals surface area contributed by atoms with Gasteiger partial charge in [0.25, 0.3) is 0 Å². The van der Waals surface area contributed by atoms with E-state index in [0.29, 0.717) is 17.4 Å². The lowest BCUT2D eigenvalue weighted by Gasteiger charge is -2.09.